The molecular weight excluding hydrogens is 616 g/mol. The Morgan fingerprint density at radius 3 is 2.27 bits per heavy atom. The van der Waals surface area contributed by atoms with Gasteiger partial charge in [0.1, 0.15) is 18.7 Å². The maximum absolute atomic E-state index is 14.0. The zero-order valence-corrected chi connectivity index (χ0v) is 29.0. The Morgan fingerprint density at radius 1 is 0.938 bits per heavy atom. The highest BCUT2D eigenvalue weighted by Gasteiger charge is 2.35. The van der Waals surface area contributed by atoms with Crippen molar-refractivity contribution in [2.45, 2.75) is 122 Å². The number of carbonyl (C=O) groups excluding carboxylic acids is 5. The molecule has 4 amide bonds. The summed E-state index contributed by atoms with van der Waals surface area (Å²) in [6.45, 7) is 9.69. The number of amides is 4. The molecule has 1 heterocycles. The Labute approximate surface area is 284 Å². The van der Waals surface area contributed by atoms with E-state index in [1.54, 1.807) is 13.8 Å². The van der Waals surface area contributed by atoms with E-state index >= 15 is 0 Å². The fourth-order valence-corrected chi connectivity index (χ4v) is 6.19. The van der Waals surface area contributed by atoms with Gasteiger partial charge in [0.15, 0.2) is 0 Å². The summed E-state index contributed by atoms with van der Waals surface area (Å²) in [5, 5.41) is 11.3. The van der Waals surface area contributed by atoms with Gasteiger partial charge in [-0.05, 0) is 65.4 Å². The molecule has 1 aromatic carbocycles. The van der Waals surface area contributed by atoms with Gasteiger partial charge in [0.2, 0.25) is 17.7 Å². The maximum atomic E-state index is 14.0. The van der Waals surface area contributed by atoms with Crippen LogP contribution in [0.1, 0.15) is 91.5 Å². The van der Waals surface area contributed by atoms with Crippen LogP contribution in [0.5, 0.6) is 0 Å². The Hall–Kier alpha value is -3.93. The van der Waals surface area contributed by atoms with E-state index in [1.807, 2.05) is 51.1 Å². The summed E-state index contributed by atoms with van der Waals surface area (Å²) >= 11 is 0. The molecule has 5 atom stereocenters. The molecule has 12 heteroatoms. The topological polar surface area (TPSA) is 161 Å². The first-order valence-corrected chi connectivity index (χ1v) is 17.2. The summed E-state index contributed by atoms with van der Waals surface area (Å²) in [5.74, 6) is -1.81. The second kappa shape index (κ2) is 19.2. The van der Waals surface area contributed by atoms with Crippen molar-refractivity contribution < 1.29 is 38.2 Å². The molecule has 1 aliphatic heterocycles. The number of carbonyl (C=O) groups is 5. The number of benzene rings is 1. The smallest absolute Gasteiger partial charge is 0.408 e. The summed E-state index contributed by atoms with van der Waals surface area (Å²) in [6.07, 6.45) is 7.60. The molecule has 12 nitrogen and oxygen atoms in total. The Balaban J connectivity index is 1.81. The lowest BCUT2D eigenvalue weighted by molar-refractivity contribution is -0.137. The standard InChI is InChI=1S/C36H54N4O8/c1-6-46-30(41)18-17-28(22-27-19-20-37-32(27)42)38-33(43)29(21-25-13-9-7-10-14-25)39-34(44)31(24(2)48-36(3,4)5)40-35(45)47-23-26-15-11-8-12-16-26/h8,11-12,15-18,24-25,27-29,31H,6-7,9-10,13-14,19-23H2,1-5H3,(H,37,42)(H,38,43)(H,39,44)(H,40,45)/t24?,27-,28+,29-,31-/m0/s1. The van der Waals surface area contributed by atoms with Crippen molar-refractivity contribution in [2.75, 3.05) is 13.2 Å². The number of alkyl carbamates (subject to hydrolysis) is 1. The molecular formula is C36H54N4O8. The number of esters is 1. The van der Waals surface area contributed by atoms with E-state index in [1.165, 1.54) is 12.2 Å². The summed E-state index contributed by atoms with van der Waals surface area (Å²) in [5.41, 5.74) is 0.163. The van der Waals surface area contributed by atoms with Crippen molar-refractivity contribution in [1.82, 2.24) is 21.3 Å². The predicted octanol–water partition coefficient (Wildman–Crippen LogP) is 4.07. The molecule has 0 bridgehead atoms. The normalized spacial score (nSPS) is 19.4. The average molecular weight is 671 g/mol. The SMILES string of the molecule is CCOC(=O)C=C[C@H](C[C@@H]1CCNC1=O)NC(=O)[C@H](CC1CCCCC1)NC(=O)[C@@H](NC(=O)OCc1ccccc1)C(C)OC(C)(C)C. The second-order valence-electron chi connectivity index (χ2n) is 13.7. The summed E-state index contributed by atoms with van der Waals surface area (Å²) in [6, 6.07) is 6.41. The lowest BCUT2D eigenvalue weighted by Gasteiger charge is -2.32. The van der Waals surface area contributed by atoms with Crippen LogP contribution >= 0.6 is 0 Å². The third kappa shape index (κ3) is 13.7. The number of rotatable bonds is 16. The first-order chi connectivity index (χ1) is 22.8. The van der Waals surface area contributed by atoms with E-state index in [0.717, 1.165) is 37.7 Å². The summed E-state index contributed by atoms with van der Waals surface area (Å²) in [4.78, 5) is 65.3. The van der Waals surface area contributed by atoms with E-state index in [9.17, 15) is 24.0 Å². The van der Waals surface area contributed by atoms with Gasteiger partial charge in [-0.15, -0.1) is 0 Å². The molecule has 4 N–H and O–H groups in total. The highest BCUT2D eigenvalue weighted by Crippen LogP contribution is 2.28. The van der Waals surface area contributed by atoms with Gasteiger partial charge in [-0.1, -0.05) is 68.5 Å². The van der Waals surface area contributed by atoms with E-state index in [2.05, 4.69) is 21.3 Å². The lowest BCUT2D eigenvalue weighted by atomic mass is 9.84. The second-order valence-corrected chi connectivity index (χ2v) is 13.7. The lowest BCUT2D eigenvalue weighted by Crippen LogP contribution is -2.59. The Morgan fingerprint density at radius 2 is 1.65 bits per heavy atom. The largest absolute Gasteiger partial charge is 0.463 e. The minimum atomic E-state index is -1.17. The van der Waals surface area contributed by atoms with E-state index in [4.69, 9.17) is 14.2 Å². The minimum Gasteiger partial charge on any atom is -0.463 e. The fourth-order valence-electron chi connectivity index (χ4n) is 6.19. The zero-order chi connectivity index (χ0) is 35.1. The Bertz CT molecular complexity index is 1240. The number of nitrogens with one attached hydrogen (secondary N) is 4. The summed E-state index contributed by atoms with van der Waals surface area (Å²) < 4.78 is 16.5. The van der Waals surface area contributed by atoms with Gasteiger partial charge >= 0.3 is 12.1 Å². The van der Waals surface area contributed by atoms with Crippen LogP contribution in [0.2, 0.25) is 0 Å². The molecule has 1 unspecified atom stereocenters. The highest BCUT2D eigenvalue weighted by atomic mass is 16.6. The fraction of sp³-hybridized carbons (Fsp3) is 0.639. The quantitative estimate of drug-likeness (QED) is 0.151. The van der Waals surface area contributed by atoms with Crippen LogP contribution in [0.15, 0.2) is 42.5 Å². The zero-order valence-electron chi connectivity index (χ0n) is 29.0. The van der Waals surface area contributed by atoms with Crippen molar-refractivity contribution >= 4 is 29.8 Å². The Kier molecular flexibility index (Phi) is 15.4. The molecule has 1 saturated carbocycles. The highest BCUT2D eigenvalue weighted by molar-refractivity contribution is 5.92. The molecule has 2 fully saturated rings. The maximum Gasteiger partial charge on any atom is 0.408 e. The molecule has 0 aromatic heterocycles. The number of hydrogen-bond acceptors (Lipinski definition) is 8. The van der Waals surface area contributed by atoms with E-state index < -0.39 is 53.7 Å². The molecule has 0 spiro atoms. The van der Waals surface area contributed by atoms with Crippen molar-refractivity contribution in [3.8, 4) is 0 Å². The number of hydrogen-bond donors (Lipinski definition) is 4. The van der Waals surface area contributed by atoms with Gasteiger partial charge in [0, 0.05) is 24.6 Å². The van der Waals surface area contributed by atoms with Crippen molar-refractivity contribution in [1.29, 1.82) is 0 Å². The molecule has 3 rings (SSSR count). The van der Waals surface area contributed by atoms with Crippen LogP contribution in [0.4, 0.5) is 4.79 Å². The van der Waals surface area contributed by atoms with Gasteiger partial charge in [0.25, 0.3) is 0 Å². The van der Waals surface area contributed by atoms with Gasteiger partial charge in [0.05, 0.1) is 18.3 Å². The predicted molar refractivity (Wildman–Crippen MR) is 180 cm³/mol. The van der Waals surface area contributed by atoms with Crippen LogP contribution in [-0.4, -0.2) is 72.8 Å². The van der Waals surface area contributed by atoms with Crippen LogP contribution < -0.4 is 21.3 Å². The molecule has 266 valence electrons. The molecule has 0 radical (unpaired) electrons. The summed E-state index contributed by atoms with van der Waals surface area (Å²) in [7, 11) is 0. The number of ether oxygens (including phenoxy) is 3. The van der Waals surface area contributed by atoms with Gasteiger partial charge in [-0.2, -0.15) is 0 Å². The van der Waals surface area contributed by atoms with E-state index in [0.29, 0.717) is 19.4 Å². The third-order valence-electron chi connectivity index (χ3n) is 8.48. The third-order valence-corrected chi connectivity index (χ3v) is 8.48. The average Bonchev–Trinajstić information content (AvgIpc) is 3.45. The van der Waals surface area contributed by atoms with Crippen LogP contribution in [-0.2, 0) is 40.0 Å². The van der Waals surface area contributed by atoms with Gasteiger partial charge in [-0.3, -0.25) is 14.4 Å². The monoisotopic (exact) mass is 670 g/mol. The van der Waals surface area contributed by atoms with Crippen molar-refractivity contribution in [3.05, 3.63) is 48.0 Å². The van der Waals surface area contributed by atoms with Crippen molar-refractivity contribution in [3.63, 3.8) is 0 Å². The van der Waals surface area contributed by atoms with Gasteiger partial charge in [-0.25, -0.2) is 9.59 Å². The van der Waals surface area contributed by atoms with Crippen LogP contribution in [0, 0.1) is 11.8 Å². The molecule has 1 aliphatic carbocycles. The van der Waals surface area contributed by atoms with Gasteiger partial charge < -0.3 is 35.5 Å². The van der Waals surface area contributed by atoms with Crippen LogP contribution in [0.25, 0.3) is 0 Å². The van der Waals surface area contributed by atoms with Crippen molar-refractivity contribution in [2.24, 2.45) is 11.8 Å². The molecule has 2 aliphatic rings. The van der Waals surface area contributed by atoms with E-state index in [-0.39, 0.29) is 37.4 Å². The first-order valence-electron chi connectivity index (χ1n) is 17.2. The molecule has 1 saturated heterocycles. The molecule has 48 heavy (non-hydrogen) atoms. The minimum absolute atomic E-state index is 0.0158. The molecule has 1 aromatic rings. The van der Waals surface area contributed by atoms with Crippen LogP contribution in [0.3, 0.4) is 0 Å². The first kappa shape index (κ1) is 38.5.